The highest BCUT2D eigenvalue weighted by atomic mass is 32.1. The zero-order valence-corrected chi connectivity index (χ0v) is 10.9. The van der Waals surface area contributed by atoms with Gasteiger partial charge in [-0.15, -0.1) is 22.7 Å². The second-order valence-electron chi connectivity index (χ2n) is 3.88. The molecule has 0 aliphatic rings. The fraction of sp³-hybridized carbons (Fsp3) is 0.167. The highest BCUT2D eigenvalue weighted by molar-refractivity contribution is 7.18. The number of hydrogen-bond acceptors (Lipinski definition) is 5. The minimum Gasteiger partial charge on any atom is -0.375 e. The number of nitrogen functional groups attached to an aromatic ring is 1. The van der Waals surface area contributed by atoms with E-state index in [1.807, 2.05) is 5.38 Å². The zero-order chi connectivity index (χ0) is 11.8. The molecule has 5 heteroatoms. The van der Waals surface area contributed by atoms with Crippen LogP contribution in [-0.4, -0.2) is 9.97 Å². The molecule has 0 aliphatic carbocycles. The Morgan fingerprint density at radius 3 is 2.88 bits per heavy atom. The summed E-state index contributed by atoms with van der Waals surface area (Å²) in [7, 11) is 0. The summed E-state index contributed by atoms with van der Waals surface area (Å²) in [4.78, 5) is 8.92. The first-order valence-electron chi connectivity index (χ1n) is 5.27. The summed E-state index contributed by atoms with van der Waals surface area (Å²) in [5.41, 5.74) is 8.96. The van der Waals surface area contributed by atoms with Gasteiger partial charge in [0.2, 0.25) is 0 Å². The average Bonchev–Trinajstić information content (AvgIpc) is 2.86. The molecule has 0 fully saturated rings. The van der Waals surface area contributed by atoms with Crippen molar-refractivity contribution in [2.45, 2.75) is 13.3 Å². The highest BCUT2D eigenvalue weighted by Gasteiger charge is 2.08. The molecule has 0 saturated carbocycles. The van der Waals surface area contributed by atoms with Gasteiger partial charge in [0.05, 0.1) is 20.9 Å². The lowest BCUT2D eigenvalue weighted by atomic mass is 10.2. The van der Waals surface area contributed by atoms with Crippen LogP contribution in [0.5, 0.6) is 0 Å². The molecule has 0 atom stereocenters. The van der Waals surface area contributed by atoms with E-state index in [-0.39, 0.29) is 0 Å². The third-order valence-electron chi connectivity index (χ3n) is 2.57. The van der Waals surface area contributed by atoms with Crippen molar-refractivity contribution in [3.8, 4) is 0 Å². The predicted molar refractivity (Wildman–Crippen MR) is 73.7 cm³/mol. The van der Waals surface area contributed by atoms with Crippen LogP contribution in [0.15, 0.2) is 23.6 Å². The fourth-order valence-electron chi connectivity index (χ4n) is 1.77. The standard InChI is InChI=1S/C12H11N3S2/c1-7-3-2-4-9-11(7)15-10(17-9)5-8-6-16-12(13)14-8/h2-4,6H,5H2,1H3,(H2,13,14). The number of thiazole rings is 2. The van der Waals surface area contributed by atoms with Gasteiger partial charge in [0, 0.05) is 11.8 Å². The molecule has 0 bridgehead atoms. The lowest BCUT2D eigenvalue weighted by Crippen LogP contribution is -1.89. The molecule has 1 aromatic carbocycles. The van der Waals surface area contributed by atoms with E-state index >= 15 is 0 Å². The number of aryl methyl sites for hydroxylation is 1. The molecular weight excluding hydrogens is 250 g/mol. The number of aromatic nitrogens is 2. The lowest BCUT2D eigenvalue weighted by Gasteiger charge is -1.91. The molecule has 0 aliphatic heterocycles. The lowest BCUT2D eigenvalue weighted by molar-refractivity contribution is 1.09. The van der Waals surface area contributed by atoms with E-state index in [1.165, 1.54) is 21.6 Å². The fourth-order valence-corrected chi connectivity index (χ4v) is 3.39. The van der Waals surface area contributed by atoms with Crippen molar-refractivity contribution in [2.24, 2.45) is 0 Å². The predicted octanol–water partition coefficient (Wildman–Crippen LogP) is 3.23. The molecule has 3 rings (SSSR count). The number of benzene rings is 1. The Balaban J connectivity index is 1.98. The molecule has 3 aromatic rings. The molecule has 86 valence electrons. The van der Waals surface area contributed by atoms with Crippen molar-refractivity contribution in [1.29, 1.82) is 0 Å². The molecule has 0 spiro atoms. The Labute approximate surface area is 107 Å². The van der Waals surface area contributed by atoms with Crippen molar-refractivity contribution in [2.75, 3.05) is 5.73 Å². The summed E-state index contributed by atoms with van der Waals surface area (Å²) in [6.45, 7) is 2.09. The minimum atomic E-state index is 0.622. The maximum atomic E-state index is 5.62. The number of hydrogen-bond donors (Lipinski definition) is 1. The van der Waals surface area contributed by atoms with Gasteiger partial charge in [0.1, 0.15) is 0 Å². The average molecular weight is 261 g/mol. The van der Waals surface area contributed by atoms with E-state index in [4.69, 9.17) is 5.73 Å². The first-order chi connectivity index (χ1) is 8.22. The number of nitrogens with zero attached hydrogens (tertiary/aromatic N) is 2. The normalized spacial score (nSPS) is 11.1. The van der Waals surface area contributed by atoms with Gasteiger partial charge in [-0.3, -0.25) is 0 Å². The first-order valence-corrected chi connectivity index (χ1v) is 6.97. The highest BCUT2D eigenvalue weighted by Crippen LogP contribution is 2.26. The second-order valence-corrected chi connectivity index (χ2v) is 5.89. The van der Waals surface area contributed by atoms with Gasteiger partial charge in [0.25, 0.3) is 0 Å². The van der Waals surface area contributed by atoms with Gasteiger partial charge in [-0.25, -0.2) is 9.97 Å². The molecule has 3 nitrogen and oxygen atoms in total. The van der Waals surface area contributed by atoms with E-state index in [0.29, 0.717) is 5.13 Å². The summed E-state index contributed by atoms with van der Waals surface area (Å²) in [5.74, 6) is 0. The van der Waals surface area contributed by atoms with Crippen molar-refractivity contribution in [3.05, 3.63) is 39.8 Å². The summed E-state index contributed by atoms with van der Waals surface area (Å²) in [6, 6.07) is 6.27. The maximum Gasteiger partial charge on any atom is 0.180 e. The number of para-hydroxylation sites is 1. The summed E-state index contributed by atoms with van der Waals surface area (Å²) in [5, 5.41) is 3.71. The molecule has 2 heterocycles. The Kier molecular flexibility index (Phi) is 2.57. The van der Waals surface area contributed by atoms with Gasteiger partial charge in [-0.1, -0.05) is 12.1 Å². The monoisotopic (exact) mass is 261 g/mol. The van der Waals surface area contributed by atoms with Crippen LogP contribution in [0.3, 0.4) is 0 Å². The van der Waals surface area contributed by atoms with E-state index in [1.54, 1.807) is 11.3 Å². The molecule has 0 unspecified atom stereocenters. The van der Waals surface area contributed by atoms with Gasteiger partial charge in [-0.2, -0.15) is 0 Å². The number of fused-ring (bicyclic) bond motifs is 1. The van der Waals surface area contributed by atoms with Crippen LogP contribution in [0.25, 0.3) is 10.2 Å². The Bertz CT molecular complexity index is 669. The van der Waals surface area contributed by atoms with Crippen LogP contribution >= 0.6 is 22.7 Å². The third kappa shape index (κ3) is 2.03. The summed E-state index contributed by atoms with van der Waals surface area (Å²) in [6.07, 6.45) is 0.770. The third-order valence-corrected chi connectivity index (χ3v) is 4.31. The van der Waals surface area contributed by atoms with Crippen molar-refractivity contribution in [1.82, 2.24) is 9.97 Å². The van der Waals surface area contributed by atoms with Crippen LogP contribution in [-0.2, 0) is 6.42 Å². The van der Waals surface area contributed by atoms with Gasteiger partial charge >= 0.3 is 0 Å². The van der Waals surface area contributed by atoms with E-state index in [2.05, 4.69) is 35.1 Å². The summed E-state index contributed by atoms with van der Waals surface area (Å²) < 4.78 is 1.24. The molecule has 17 heavy (non-hydrogen) atoms. The van der Waals surface area contributed by atoms with Gasteiger partial charge < -0.3 is 5.73 Å². The van der Waals surface area contributed by atoms with E-state index < -0.39 is 0 Å². The smallest absolute Gasteiger partial charge is 0.180 e. The van der Waals surface area contributed by atoms with Crippen LogP contribution < -0.4 is 5.73 Å². The van der Waals surface area contributed by atoms with E-state index in [9.17, 15) is 0 Å². The van der Waals surface area contributed by atoms with Crippen LogP contribution in [0.1, 0.15) is 16.3 Å². The number of rotatable bonds is 2. The molecular formula is C12H11N3S2. The second kappa shape index (κ2) is 4.09. The Hall–Kier alpha value is -1.46. The van der Waals surface area contributed by atoms with Crippen LogP contribution in [0, 0.1) is 6.92 Å². The number of nitrogens with two attached hydrogens (primary N) is 1. The zero-order valence-electron chi connectivity index (χ0n) is 9.30. The van der Waals surface area contributed by atoms with E-state index in [0.717, 1.165) is 22.6 Å². The van der Waals surface area contributed by atoms with Crippen LogP contribution in [0.2, 0.25) is 0 Å². The Morgan fingerprint density at radius 2 is 2.18 bits per heavy atom. The molecule has 2 N–H and O–H groups in total. The van der Waals surface area contributed by atoms with Gasteiger partial charge in [-0.05, 0) is 18.6 Å². The SMILES string of the molecule is Cc1cccc2sc(Cc3csc(N)n3)nc12. The molecule has 0 saturated heterocycles. The minimum absolute atomic E-state index is 0.622. The molecule has 2 aromatic heterocycles. The topological polar surface area (TPSA) is 51.8 Å². The van der Waals surface area contributed by atoms with Crippen molar-refractivity contribution < 1.29 is 0 Å². The largest absolute Gasteiger partial charge is 0.375 e. The van der Waals surface area contributed by atoms with Gasteiger partial charge in [0.15, 0.2) is 5.13 Å². The molecule has 0 amide bonds. The number of anilines is 1. The van der Waals surface area contributed by atoms with Crippen LogP contribution in [0.4, 0.5) is 5.13 Å². The van der Waals surface area contributed by atoms with Crippen molar-refractivity contribution in [3.63, 3.8) is 0 Å². The molecule has 0 radical (unpaired) electrons. The maximum absolute atomic E-state index is 5.62. The quantitative estimate of drug-likeness (QED) is 0.770. The summed E-state index contributed by atoms with van der Waals surface area (Å²) >= 11 is 3.21. The Morgan fingerprint density at radius 1 is 1.29 bits per heavy atom. The first kappa shape index (κ1) is 10.7. The van der Waals surface area contributed by atoms with Crippen molar-refractivity contribution >= 4 is 38.0 Å².